The first kappa shape index (κ1) is 16.3. The maximum Gasteiger partial charge on any atom is 0.0992 e. The zero-order valence-corrected chi connectivity index (χ0v) is 15.0. The maximum absolute atomic E-state index is 6.21. The van der Waals surface area contributed by atoms with Gasteiger partial charge in [0.2, 0.25) is 0 Å². The lowest BCUT2D eigenvalue weighted by atomic mass is 10.1. The van der Waals surface area contributed by atoms with Crippen LogP contribution in [0.15, 0.2) is 10.5 Å². The van der Waals surface area contributed by atoms with Crippen molar-refractivity contribution >= 4 is 50.5 Å². The molecular formula is C12H15BrCl2N4S. The summed E-state index contributed by atoms with van der Waals surface area (Å²) in [5.74, 6) is 5.69. The van der Waals surface area contributed by atoms with Crippen LogP contribution in [-0.4, -0.2) is 9.78 Å². The molecule has 0 spiro atoms. The van der Waals surface area contributed by atoms with E-state index in [0.717, 1.165) is 28.0 Å². The summed E-state index contributed by atoms with van der Waals surface area (Å²) in [7, 11) is 0. The van der Waals surface area contributed by atoms with Crippen molar-refractivity contribution in [1.29, 1.82) is 0 Å². The summed E-state index contributed by atoms with van der Waals surface area (Å²) in [6.07, 6.45) is 0.679. The minimum Gasteiger partial charge on any atom is -0.271 e. The van der Waals surface area contributed by atoms with E-state index in [1.54, 1.807) is 0 Å². The topological polar surface area (TPSA) is 55.9 Å². The monoisotopic (exact) mass is 396 g/mol. The molecule has 2 aromatic rings. The zero-order valence-electron chi connectivity index (χ0n) is 11.1. The number of aromatic nitrogens is 2. The average molecular weight is 398 g/mol. The smallest absolute Gasteiger partial charge is 0.0992 e. The van der Waals surface area contributed by atoms with E-state index in [-0.39, 0.29) is 6.04 Å². The molecule has 0 bridgehead atoms. The Balaban J connectivity index is 2.34. The van der Waals surface area contributed by atoms with Crippen molar-refractivity contribution in [2.24, 2.45) is 5.84 Å². The van der Waals surface area contributed by atoms with Gasteiger partial charge in [-0.2, -0.15) is 5.10 Å². The van der Waals surface area contributed by atoms with Gasteiger partial charge >= 0.3 is 0 Å². The standard InChI is InChI=1S/C12H15BrCl2N4S/c1-3-19-9(11(13)6(2)18-19)5-8(17-16)7-4-10(14)20-12(7)15/h4,8,17H,3,5,16H2,1-2H3. The molecule has 0 saturated heterocycles. The molecule has 3 N–H and O–H groups in total. The Morgan fingerprint density at radius 2 is 2.25 bits per heavy atom. The summed E-state index contributed by atoms with van der Waals surface area (Å²) in [5.41, 5.74) is 5.78. The molecule has 0 aliphatic rings. The van der Waals surface area contributed by atoms with E-state index >= 15 is 0 Å². The Labute approximate surface area is 140 Å². The molecule has 0 fully saturated rings. The maximum atomic E-state index is 6.21. The van der Waals surface area contributed by atoms with Gasteiger partial charge in [0.05, 0.1) is 30.6 Å². The van der Waals surface area contributed by atoms with Crippen molar-refractivity contribution in [1.82, 2.24) is 15.2 Å². The van der Waals surface area contributed by atoms with Gasteiger partial charge < -0.3 is 0 Å². The molecule has 110 valence electrons. The SMILES string of the molecule is CCn1nc(C)c(Br)c1CC(NN)c1cc(Cl)sc1Cl. The molecule has 4 nitrogen and oxygen atoms in total. The van der Waals surface area contributed by atoms with Gasteiger partial charge in [-0.15, -0.1) is 11.3 Å². The van der Waals surface area contributed by atoms with Crippen LogP contribution in [0, 0.1) is 6.92 Å². The van der Waals surface area contributed by atoms with Crippen LogP contribution in [0.4, 0.5) is 0 Å². The number of thiophene rings is 1. The van der Waals surface area contributed by atoms with E-state index in [4.69, 9.17) is 29.0 Å². The molecule has 2 heterocycles. The zero-order chi connectivity index (χ0) is 14.9. The highest BCUT2D eigenvalue weighted by atomic mass is 79.9. The molecule has 0 aromatic carbocycles. The number of nitrogens with two attached hydrogens (primary N) is 1. The minimum absolute atomic E-state index is 0.107. The number of hydrazine groups is 1. The van der Waals surface area contributed by atoms with Crippen molar-refractivity contribution in [2.75, 3.05) is 0 Å². The molecule has 2 rings (SSSR count). The summed E-state index contributed by atoms with van der Waals surface area (Å²) in [6, 6.07) is 1.75. The van der Waals surface area contributed by atoms with Gasteiger partial charge in [-0.25, -0.2) is 0 Å². The van der Waals surface area contributed by atoms with Gasteiger partial charge in [0.15, 0.2) is 0 Å². The van der Waals surface area contributed by atoms with Crippen LogP contribution in [0.5, 0.6) is 0 Å². The molecule has 1 unspecified atom stereocenters. The number of nitrogens with one attached hydrogen (secondary N) is 1. The molecule has 0 aliphatic carbocycles. The molecule has 1 atom stereocenters. The summed E-state index contributed by atoms with van der Waals surface area (Å²) >= 11 is 17.1. The molecule has 0 amide bonds. The number of aryl methyl sites for hydroxylation is 2. The number of hydrogen-bond donors (Lipinski definition) is 2. The van der Waals surface area contributed by atoms with Crippen LogP contribution in [0.25, 0.3) is 0 Å². The van der Waals surface area contributed by atoms with Crippen LogP contribution in [0.2, 0.25) is 8.67 Å². The number of hydrogen-bond acceptors (Lipinski definition) is 4. The number of halogens is 3. The Hall–Kier alpha value is -0.110. The molecule has 0 saturated carbocycles. The second-order valence-corrected chi connectivity index (χ2v) is 7.44. The largest absolute Gasteiger partial charge is 0.271 e. The lowest BCUT2D eigenvalue weighted by Crippen LogP contribution is -2.30. The van der Waals surface area contributed by atoms with Crippen LogP contribution in [0.3, 0.4) is 0 Å². The highest BCUT2D eigenvalue weighted by Gasteiger charge is 2.21. The van der Waals surface area contributed by atoms with Gasteiger partial charge in [-0.05, 0) is 35.8 Å². The fourth-order valence-corrected chi connectivity index (χ4v) is 4.13. The second kappa shape index (κ2) is 6.77. The van der Waals surface area contributed by atoms with Gasteiger partial charge in [0.25, 0.3) is 0 Å². The highest BCUT2D eigenvalue weighted by Crippen LogP contribution is 2.36. The van der Waals surface area contributed by atoms with Crippen molar-refractivity contribution < 1.29 is 0 Å². The molecular weight excluding hydrogens is 383 g/mol. The van der Waals surface area contributed by atoms with E-state index in [0.29, 0.717) is 15.1 Å². The average Bonchev–Trinajstić information content (AvgIpc) is 2.88. The third-order valence-corrected chi connectivity index (χ3v) is 5.66. The Kier molecular flexibility index (Phi) is 5.50. The summed E-state index contributed by atoms with van der Waals surface area (Å²) in [5, 5.41) is 4.48. The van der Waals surface area contributed by atoms with Crippen molar-refractivity contribution in [2.45, 2.75) is 32.9 Å². The Bertz CT molecular complexity index is 611. The lowest BCUT2D eigenvalue weighted by molar-refractivity contribution is 0.517. The predicted octanol–water partition coefficient (Wildman–Crippen LogP) is 4.09. The van der Waals surface area contributed by atoms with E-state index in [1.807, 2.05) is 17.7 Å². The van der Waals surface area contributed by atoms with Crippen LogP contribution >= 0.6 is 50.5 Å². The van der Waals surface area contributed by atoms with E-state index in [9.17, 15) is 0 Å². The molecule has 0 radical (unpaired) electrons. The van der Waals surface area contributed by atoms with Gasteiger partial charge in [0.1, 0.15) is 0 Å². The third-order valence-electron chi connectivity index (χ3n) is 3.11. The minimum atomic E-state index is -0.107. The molecule has 20 heavy (non-hydrogen) atoms. The van der Waals surface area contributed by atoms with Crippen molar-refractivity contribution in [3.05, 3.63) is 36.2 Å². The first-order valence-corrected chi connectivity index (χ1v) is 8.47. The van der Waals surface area contributed by atoms with Crippen LogP contribution < -0.4 is 11.3 Å². The number of rotatable bonds is 5. The van der Waals surface area contributed by atoms with E-state index in [1.165, 1.54) is 11.3 Å². The number of nitrogens with zero attached hydrogens (tertiary/aromatic N) is 2. The Morgan fingerprint density at radius 1 is 1.55 bits per heavy atom. The van der Waals surface area contributed by atoms with Gasteiger partial charge in [-0.3, -0.25) is 16.0 Å². The fraction of sp³-hybridized carbons (Fsp3) is 0.417. The van der Waals surface area contributed by atoms with E-state index in [2.05, 4.69) is 33.4 Å². The summed E-state index contributed by atoms with van der Waals surface area (Å²) in [6.45, 7) is 4.83. The second-order valence-electron chi connectivity index (χ2n) is 4.36. The predicted molar refractivity (Wildman–Crippen MR) is 88.4 cm³/mol. The van der Waals surface area contributed by atoms with Crippen molar-refractivity contribution in [3.63, 3.8) is 0 Å². The van der Waals surface area contributed by atoms with Crippen LogP contribution in [0.1, 0.15) is 29.9 Å². The quantitative estimate of drug-likeness (QED) is 0.590. The first-order chi connectivity index (χ1) is 9.47. The summed E-state index contributed by atoms with van der Waals surface area (Å²) < 4.78 is 4.29. The molecule has 0 aliphatic heterocycles. The molecule has 8 heteroatoms. The Morgan fingerprint density at radius 3 is 2.75 bits per heavy atom. The van der Waals surface area contributed by atoms with E-state index < -0.39 is 0 Å². The van der Waals surface area contributed by atoms with Crippen LogP contribution in [-0.2, 0) is 13.0 Å². The lowest BCUT2D eigenvalue weighted by Gasteiger charge is -2.16. The van der Waals surface area contributed by atoms with Gasteiger partial charge in [-0.1, -0.05) is 23.2 Å². The fourth-order valence-electron chi connectivity index (χ4n) is 2.11. The molecule has 2 aromatic heterocycles. The normalized spacial score (nSPS) is 12.9. The highest BCUT2D eigenvalue weighted by molar-refractivity contribution is 9.10. The first-order valence-electron chi connectivity index (χ1n) is 6.10. The van der Waals surface area contributed by atoms with Gasteiger partial charge in [0, 0.05) is 18.5 Å². The van der Waals surface area contributed by atoms with Crippen molar-refractivity contribution in [3.8, 4) is 0 Å². The summed E-state index contributed by atoms with van der Waals surface area (Å²) in [4.78, 5) is 0. The third kappa shape index (κ3) is 3.21.